The molecule has 27 heavy (non-hydrogen) atoms. The van der Waals surface area contributed by atoms with Gasteiger partial charge in [-0.15, -0.1) is 0 Å². The number of rotatable bonds is 8. The molecule has 146 valence electrons. The van der Waals surface area contributed by atoms with Gasteiger partial charge in [0.15, 0.2) is 0 Å². The molecule has 0 fully saturated rings. The van der Waals surface area contributed by atoms with E-state index in [0.717, 1.165) is 34.7 Å². The molecule has 1 aromatic heterocycles. The minimum absolute atomic E-state index is 0.140. The van der Waals surface area contributed by atoms with Gasteiger partial charge in [-0.2, -0.15) is 0 Å². The van der Waals surface area contributed by atoms with Gasteiger partial charge in [0.05, 0.1) is 17.4 Å². The van der Waals surface area contributed by atoms with Crippen LogP contribution in [0.2, 0.25) is 0 Å². The number of aromatic nitrogens is 1. The van der Waals surface area contributed by atoms with Crippen molar-refractivity contribution >= 4 is 11.4 Å². The monoisotopic (exact) mass is 365 g/mol. The second kappa shape index (κ2) is 9.50. The van der Waals surface area contributed by atoms with E-state index in [-0.39, 0.29) is 11.0 Å². The number of aliphatic imine (C=N–C) groups is 1. The molecule has 1 aromatic rings. The molecule has 0 aliphatic carbocycles. The van der Waals surface area contributed by atoms with Crippen molar-refractivity contribution in [2.45, 2.75) is 60.4 Å². The van der Waals surface area contributed by atoms with Crippen LogP contribution in [-0.2, 0) is 0 Å². The Bertz CT molecular complexity index is 756. The van der Waals surface area contributed by atoms with Crippen molar-refractivity contribution in [3.63, 3.8) is 0 Å². The molecule has 1 rings (SSSR count). The van der Waals surface area contributed by atoms with Crippen LogP contribution in [0.15, 0.2) is 72.2 Å². The molecule has 0 aliphatic rings. The highest BCUT2D eigenvalue weighted by Crippen LogP contribution is 2.30. The van der Waals surface area contributed by atoms with Crippen molar-refractivity contribution in [1.82, 2.24) is 4.98 Å². The molecule has 3 heteroatoms. The molecule has 0 saturated heterocycles. The zero-order chi connectivity index (χ0) is 20.7. The minimum atomic E-state index is -0.140. The number of pyridine rings is 1. The summed E-state index contributed by atoms with van der Waals surface area (Å²) in [5.74, 6) is 0. The summed E-state index contributed by atoms with van der Waals surface area (Å²) in [5.41, 5.74) is 4.77. The summed E-state index contributed by atoms with van der Waals surface area (Å²) in [4.78, 5) is 9.30. The second-order valence-electron chi connectivity index (χ2n) is 8.63. The quantitative estimate of drug-likeness (QED) is 0.410. The van der Waals surface area contributed by atoms with Crippen LogP contribution in [0.4, 0.5) is 5.69 Å². The average Bonchev–Trinajstić information content (AvgIpc) is 2.52. The fourth-order valence-corrected chi connectivity index (χ4v) is 3.46. The van der Waals surface area contributed by atoms with E-state index >= 15 is 0 Å². The Kier molecular flexibility index (Phi) is 7.96. The van der Waals surface area contributed by atoms with E-state index < -0.39 is 0 Å². The molecule has 0 radical (unpaired) electrons. The van der Waals surface area contributed by atoms with E-state index in [1.54, 1.807) is 12.3 Å². The van der Waals surface area contributed by atoms with Gasteiger partial charge in [0, 0.05) is 23.2 Å². The van der Waals surface area contributed by atoms with Gasteiger partial charge in [-0.3, -0.25) is 9.98 Å². The first kappa shape index (κ1) is 22.6. The highest BCUT2D eigenvalue weighted by molar-refractivity contribution is 6.03. The molecule has 0 aromatic carbocycles. The fourth-order valence-electron chi connectivity index (χ4n) is 3.46. The van der Waals surface area contributed by atoms with Gasteiger partial charge in [0.25, 0.3) is 0 Å². The molecule has 0 unspecified atom stereocenters. The molecule has 0 amide bonds. The maximum absolute atomic E-state index is 5.02. The summed E-state index contributed by atoms with van der Waals surface area (Å²) < 4.78 is 0. The fraction of sp³-hybridized carbons (Fsp3) is 0.417. The SMILES string of the molecule is C=C/C=C(\C=C/C)C(=C)Nc1cnccc1C(C)=NC(C)(C)CC(C)(C)C. The summed E-state index contributed by atoms with van der Waals surface area (Å²) in [6.07, 6.45) is 12.3. The Balaban J connectivity index is 3.19. The van der Waals surface area contributed by atoms with Gasteiger partial charge in [-0.05, 0) is 51.2 Å². The van der Waals surface area contributed by atoms with Gasteiger partial charge in [0.2, 0.25) is 0 Å². The van der Waals surface area contributed by atoms with Gasteiger partial charge in [0.1, 0.15) is 0 Å². The Hall–Kier alpha value is -2.42. The third-order valence-corrected chi connectivity index (χ3v) is 3.92. The molecule has 3 nitrogen and oxygen atoms in total. The van der Waals surface area contributed by atoms with E-state index in [2.05, 4.69) is 65.0 Å². The molecular weight excluding hydrogens is 330 g/mol. The maximum atomic E-state index is 5.02. The molecule has 1 N–H and O–H groups in total. The lowest BCUT2D eigenvalue weighted by molar-refractivity contribution is 0.288. The van der Waals surface area contributed by atoms with Crippen LogP contribution in [0.3, 0.4) is 0 Å². The van der Waals surface area contributed by atoms with E-state index in [1.807, 2.05) is 37.4 Å². The molecule has 0 aliphatic heterocycles. The third-order valence-electron chi connectivity index (χ3n) is 3.92. The summed E-state index contributed by atoms with van der Waals surface area (Å²) in [6.45, 7) is 23.1. The van der Waals surface area contributed by atoms with Gasteiger partial charge in [-0.1, -0.05) is 58.2 Å². The minimum Gasteiger partial charge on any atom is -0.354 e. The van der Waals surface area contributed by atoms with Crippen LogP contribution < -0.4 is 5.32 Å². The number of nitrogens with one attached hydrogen (secondary N) is 1. The first-order valence-corrected chi connectivity index (χ1v) is 9.41. The predicted molar refractivity (Wildman–Crippen MR) is 120 cm³/mol. The van der Waals surface area contributed by atoms with E-state index in [9.17, 15) is 0 Å². The van der Waals surface area contributed by atoms with Gasteiger partial charge in [-0.25, -0.2) is 0 Å². The third kappa shape index (κ3) is 7.78. The van der Waals surface area contributed by atoms with E-state index in [0.29, 0.717) is 0 Å². The van der Waals surface area contributed by atoms with Crippen molar-refractivity contribution in [3.05, 3.63) is 72.8 Å². The Morgan fingerprint density at radius 3 is 2.48 bits per heavy atom. The lowest BCUT2D eigenvalue weighted by Gasteiger charge is -2.30. The maximum Gasteiger partial charge on any atom is 0.0662 e. The van der Waals surface area contributed by atoms with Gasteiger partial charge >= 0.3 is 0 Å². The normalized spacial score (nSPS) is 13.7. The van der Waals surface area contributed by atoms with E-state index in [1.165, 1.54) is 0 Å². The predicted octanol–water partition coefficient (Wildman–Crippen LogP) is 6.72. The molecule has 0 atom stereocenters. The lowest BCUT2D eigenvalue weighted by Crippen LogP contribution is -2.26. The summed E-state index contributed by atoms with van der Waals surface area (Å²) in [5, 5.41) is 3.39. The zero-order valence-corrected chi connectivity index (χ0v) is 18.1. The van der Waals surface area contributed by atoms with Crippen LogP contribution in [0.25, 0.3) is 0 Å². The molecule has 0 spiro atoms. The van der Waals surface area contributed by atoms with Crippen molar-refractivity contribution in [2.75, 3.05) is 5.32 Å². The number of hydrogen-bond donors (Lipinski definition) is 1. The zero-order valence-electron chi connectivity index (χ0n) is 18.1. The largest absolute Gasteiger partial charge is 0.354 e. The van der Waals surface area contributed by atoms with Gasteiger partial charge < -0.3 is 5.32 Å². The molecular formula is C24H35N3. The highest BCUT2D eigenvalue weighted by atomic mass is 14.9. The standard InChI is InChI=1S/C24H35N3/c1-10-12-20(13-11-2)18(3)26-22-16-25-15-14-21(22)19(4)27-24(8,9)17-23(5,6)7/h10-16,26H,1,3,17H2,2,4-9H3/b13-11-,20-12+,27-19?. The average molecular weight is 366 g/mol. The number of anilines is 1. The highest BCUT2D eigenvalue weighted by Gasteiger charge is 2.25. The number of hydrogen-bond acceptors (Lipinski definition) is 3. The first-order chi connectivity index (χ1) is 12.5. The lowest BCUT2D eigenvalue weighted by atomic mass is 9.82. The van der Waals surface area contributed by atoms with Crippen molar-refractivity contribution < 1.29 is 0 Å². The van der Waals surface area contributed by atoms with Crippen LogP contribution in [0, 0.1) is 5.41 Å². The Morgan fingerprint density at radius 1 is 1.26 bits per heavy atom. The van der Waals surface area contributed by atoms with Crippen molar-refractivity contribution in [3.8, 4) is 0 Å². The van der Waals surface area contributed by atoms with Crippen LogP contribution in [0.5, 0.6) is 0 Å². The smallest absolute Gasteiger partial charge is 0.0662 e. The van der Waals surface area contributed by atoms with Crippen LogP contribution in [0.1, 0.15) is 60.5 Å². The summed E-state index contributed by atoms with van der Waals surface area (Å²) in [6, 6.07) is 1.99. The van der Waals surface area contributed by atoms with Crippen LogP contribution >= 0.6 is 0 Å². The number of allylic oxidation sites excluding steroid dienone is 4. The molecule has 0 bridgehead atoms. The second-order valence-corrected chi connectivity index (χ2v) is 8.63. The number of nitrogens with zero attached hydrogens (tertiary/aromatic N) is 2. The molecule has 1 heterocycles. The topological polar surface area (TPSA) is 37.3 Å². The van der Waals surface area contributed by atoms with Crippen molar-refractivity contribution in [2.24, 2.45) is 10.4 Å². The van der Waals surface area contributed by atoms with Crippen LogP contribution in [-0.4, -0.2) is 16.2 Å². The molecule has 0 saturated carbocycles. The Labute approximate surface area is 165 Å². The van der Waals surface area contributed by atoms with Crippen molar-refractivity contribution in [1.29, 1.82) is 0 Å². The van der Waals surface area contributed by atoms with E-state index in [4.69, 9.17) is 4.99 Å². The summed E-state index contributed by atoms with van der Waals surface area (Å²) >= 11 is 0. The summed E-state index contributed by atoms with van der Waals surface area (Å²) in [7, 11) is 0. The Morgan fingerprint density at radius 2 is 1.93 bits per heavy atom. The first-order valence-electron chi connectivity index (χ1n) is 9.41.